The van der Waals surface area contributed by atoms with Gasteiger partial charge in [-0.3, -0.25) is 0 Å². The van der Waals surface area contributed by atoms with Crippen molar-refractivity contribution in [1.82, 2.24) is 0 Å². The number of para-hydroxylation sites is 1. The van der Waals surface area contributed by atoms with Gasteiger partial charge in [-0.1, -0.05) is 24.3 Å². The monoisotopic (exact) mass is 255 g/mol. The van der Waals surface area contributed by atoms with Crippen LogP contribution in [0.15, 0.2) is 36.4 Å². The highest BCUT2D eigenvalue weighted by Crippen LogP contribution is 2.35. The van der Waals surface area contributed by atoms with E-state index in [9.17, 15) is 4.39 Å². The number of aryl methyl sites for hydroxylation is 3. The van der Waals surface area contributed by atoms with Crippen LogP contribution in [0.1, 0.15) is 34.7 Å². The molecule has 0 saturated carbocycles. The Morgan fingerprint density at radius 3 is 2.74 bits per heavy atom. The van der Waals surface area contributed by atoms with Gasteiger partial charge in [0.2, 0.25) is 0 Å². The average Bonchev–Trinajstić information content (AvgIpc) is 2.37. The Kier molecular flexibility index (Phi) is 3.02. The molecule has 0 saturated heterocycles. The second-order valence-electron chi connectivity index (χ2n) is 5.37. The van der Waals surface area contributed by atoms with Gasteiger partial charge in [-0.25, -0.2) is 4.39 Å². The lowest BCUT2D eigenvalue weighted by atomic mass is 9.90. The van der Waals surface area contributed by atoms with E-state index in [4.69, 9.17) is 0 Å². The van der Waals surface area contributed by atoms with Crippen molar-refractivity contribution in [2.75, 3.05) is 5.32 Å². The molecule has 0 fully saturated rings. The fraction of sp³-hybridized carbons (Fsp3) is 0.294. The molecule has 0 bridgehead atoms. The minimum atomic E-state index is -0.0885. The topological polar surface area (TPSA) is 12.0 Å². The highest BCUT2D eigenvalue weighted by molar-refractivity contribution is 5.55. The van der Waals surface area contributed by atoms with E-state index in [1.165, 1.54) is 5.56 Å². The summed E-state index contributed by atoms with van der Waals surface area (Å²) in [7, 11) is 0. The van der Waals surface area contributed by atoms with Gasteiger partial charge in [-0.15, -0.1) is 0 Å². The molecule has 0 radical (unpaired) electrons. The maximum Gasteiger partial charge on any atom is 0.128 e. The van der Waals surface area contributed by atoms with E-state index in [-0.39, 0.29) is 11.9 Å². The van der Waals surface area contributed by atoms with Crippen molar-refractivity contribution in [3.05, 3.63) is 64.5 Å². The van der Waals surface area contributed by atoms with Gasteiger partial charge in [0.1, 0.15) is 5.82 Å². The zero-order valence-corrected chi connectivity index (χ0v) is 11.3. The molecule has 1 aliphatic rings. The van der Waals surface area contributed by atoms with Gasteiger partial charge in [0.15, 0.2) is 0 Å². The molecule has 1 unspecified atom stereocenters. The van der Waals surface area contributed by atoms with E-state index in [1.807, 2.05) is 19.9 Å². The lowest BCUT2D eigenvalue weighted by Crippen LogP contribution is -2.20. The zero-order valence-electron chi connectivity index (χ0n) is 11.3. The maximum atomic E-state index is 14.2. The fourth-order valence-electron chi connectivity index (χ4n) is 3.02. The molecule has 2 heteroatoms. The summed E-state index contributed by atoms with van der Waals surface area (Å²) in [5.74, 6) is -0.0885. The minimum Gasteiger partial charge on any atom is -0.378 e. The first kappa shape index (κ1) is 12.2. The summed E-state index contributed by atoms with van der Waals surface area (Å²) < 4.78 is 14.2. The van der Waals surface area contributed by atoms with E-state index in [2.05, 4.69) is 29.6 Å². The van der Waals surface area contributed by atoms with E-state index in [1.54, 1.807) is 6.07 Å². The third kappa shape index (κ3) is 2.23. The van der Waals surface area contributed by atoms with Crippen LogP contribution in [0, 0.1) is 19.7 Å². The summed E-state index contributed by atoms with van der Waals surface area (Å²) in [6.07, 6.45) is 1.94. The highest BCUT2D eigenvalue weighted by Gasteiger charge is 2.23. The Bertz CT molecular complexity index is 595. The van der Waals surface area contributed by atoms with Crippen LogP contribution in [-0.2, 0) is 6.42 Å². The van der Waals surface area contributed by atoms with E-state index in [0.717, 1.165) is 35.2 Å². The number of rotatable bonds is 1. The number of hydrogen-bond donors (Lipinski definition) is 1. The first-order chi connectivity index (χ1) is 9.15. The average molecular weight is 255 g/mol. The van der Waals surface area contributed by atoms with Gasteiger partial charge in [0.05, 0.1) is 6.04 Å². The molecule has 0 aromatic heterocycles. The molecule has 0 spiro atoms. The molecule has 0 aliphatic carbocycles. The van der Waals surface area contributed by atoms with Crippen molar-refractivity contribution in [1.29, 1.82) is 0 Å². The molecule has 19 heavy (non-hydrogen) atoms. The number of anilines is 1. The predicted molar refractivity (Wildman–Crippen MR) is 77.0 cm³/mol. The van der Waals surface area contributed by atoms with Crippen molar-refractivity contribution >= 4 is 5.69 Å². The van der Waals surface area contributed by atoms with Crippen LogP contribution in [0.5, 0.6) is 0 Å². The van der Waals surface area contributed by atoms with Crippen molar-refractivity contribution in [3.8, 4) is 0 Å². The molecule has 1 nitrogen and oxygen atoms in total. The summed E-state index contributed by atoms with van der Waals surface area (Å²) in [5, 5.41) is 3.47. The van der Waals surface area contributed by atoms with Crippen molar-refractivity contribution in [2.45, 2.75) is 32.7 Å². The molecule has 0 amide bonds. The largest absolute Gasteiger partial charge is 0.378 e. The van der Waals surface area contributed by atoms with Gasteiger partial charge in [-0.2, -0.15) is 0 Å². The molecule has 1 heterocycles. The summed E-state index contributed by atoms with van der Waals surface area (Å²) in [4.78, 5) is 0. The third-order valence-corrected chi connectivity index (χ3v) is 3.88. The summed E-state index contributed by atoms with van der Waals surface area (Å²) in [5.41, 5.74) is 5.30. The minimum absolute atomic E-state index is 0.0792. The standard InChI is InChI=1S/C17H18FN/c1-11-9-12(2)17(14(18)10-11)16-8-7-13-5-3-4-6-15(13)19-16/h3-6,9-10,16,19H,7-8H2,1-2H3. The number of hydrogen-bond acceptors (Lipinski definition) is 1. The molecule has 2 aromatic rings. The number of nitrogens with one attached hydrogen (secondary N) is 1. The number of fused-ring (bicyclic) bond motifs is 1. The van der Waals surface area contributed by atoms with E-state index in [0.29, 0.717) is 0 Å². The number of halogens is 1. The normalized spacial score (nSPS) is 17.7. The maximum absolute atomic E-state index is 14.2. The Morgan fingerprint density at radius 2 is 1.95 bits per heavy atom. The molecular formula is C17H18FN. The molecule has 1 aliphatic heterocycles. The zero-order chi connectivity index (χ0) is 13.4. The lowest BCUT2D eigenvalue weighted by Gasteiger charge is -2.29. The Morgan fingerprint density at radius 1 is 1.16 bits per heavy atom. The van der Waals surface area contributed by atoms with Gasteiger partial charge in [0.25, 0.3) is 0 Å². The molecule has 1 atom stereocenters. The Balaban J connectivity index is 1.98. The van der Waals surface area contributed by atoms with Crippen LogP contribution in [0.3, 0.4) is 0 Å². The van der Waals surface area contributed by atoms with E-state index < -0.39 is 0 Å². The molecular weight excluding hydrogens is 237 g/mol. The van der Waals surface area contributed by atoms with E-state index >= 15 is 0 Å². The van der Waals surface area contributed by atoms with Crippen molar-refractivity contribution < 1.29 is 4.39 Å². The summed E-state index contributed by atoms with van der Waals surface area (Å²) in [6, 6.07) is 12.0. The first-order valence-corrected chi connectivity index (χ1v) is 6.76. The van der Waals surface area contributed by atoms with Crippen LogP contribution >= 0.6 is 0 Å². The van der Waals surface area contributed by atoms with Crippen LogP contribution < -0.4 is 5.32 Å². The molecule has 98 valence electrons. The third-order valence-electron chi connectivity index (χ3n) is 3.88. The van der Waals surface area contributed by atoms with Gasteiger partial charge in [0, 0.05) is 11.3 Å². The summed E-state index contributed by atoms with van der Waals surface area (Å²) in [6.45, 7) is 3.93. The molecule has 3 rings (SSSR count). The predicted octanol–water partition coefficient (Wildman–Crippen LogP) is 4.54. The van der Waals surface area contributed by atoms with Crippen LogP contribution in [0.2, 0.25) is 0 Å². The smallest absolute Gasteiger partial charge is 0.128 e. The van der Waals surface area contributed by atoms with Crippen LogP contribution in [0.25, 0.3) is 0 Å². The first-order valence-electron chi connectivity index (χ1n) is 6.76. The highest BCUT2D eigenvalue weighted by atomic mass is 19.1. The van der Waals surface area contributed by atoms with Crippen LogP contribution in [0.4, 0.5) is 10.1 Å². The molecule has 1 N–H and O–H groups in total. The quantitative estimate of drug-likeness (QED) is 0.788. The van der Waals surface area contributed by atoms with Crippen molar-refractivity contribution in [2.24, 2.45) is 0 Å². The van der Waals surface area contributed by atoms with Crippen molar-refractivity contribution in [3.63, 3.8) is 0 Å². The van der Waals surface area contributed by atoms with Gasteiger partial charge >= 0.3 is 0 Å². The fourth-order valence-corrected chi connectivity index (χ4v) is 3.02. The second kappa shape index (κ2) is 4.69. The van der Waals surface area contributed by atoms with Crippen LogP contribution in [-0.4, -0.2) is 0 Å². The summed E-state index contributed by atoms with van der Waals surface area (Å²) >= 11 is 0. The lowest BCUT2D eigenvalue weighted by molar-refractivity contribution is 0.568. The van der Waals surface area contributed by atoms with Gasteiger partial charge < -0.3 is 5.32 Å². The molecule has 2 aromatic carbocycles. The second-order valence-corrected chi connectivity index (χ2v) is 5.37. The Hall–Kier alpha value is -1.83. The van der Waals surface area contributed by atoms with Gasteiger partial charge in [-0.05, 0) is 55.5 Å². The SMILES string of the molecule is Cc1cc(C)c(C2CCc3ccccc3N2)c(F)c1. The number of benzene rings is 2. The Labute approximate surface area is 113 Å².